The Bertz CT molecular complexity index is 871. The van der Waals surface area contributed by atoms with E-state index in [-0.39, 0.29) is 46.5 Å². The van der Waals surface area contributed by atoms with Crippen molar-refractivity contribution < 1.29 is 46.5 Å². The molecule has 0 unspecified atom stereocenters. The van der Waals surface area contributed by atoms with E-state index in [4.69, 9.17) is 0 Å². The van der Waals surface area contributed by atoms with Crippen LogP contribution in [0, 0.1) is 13.8 Å². The molecule has 1 heterocycles. The summed E-state index contributed by atoms with van der Waals surface area (Å²) in [7, 11) is 0. The van der Waals surface area contributed by atoms with Crippen LogP contribution in [-0.2, 0) is 28.1 Å². The number of hydrogen-bond donors (Lipinski definition) is 0. The summed E-state index contributed by atoms with van der Waals surface area (Å²) >= 11 is 0. The summed E-state index contributed by atoms with van der Waals surface area (Å²) in [5.41, 5.74) is 5.31. The molecule has 0 radical (unpaired) electrons. The van der Waals surface area contributed by atoms with Crippen molar-refractivity contribution in [1.82, 2.24) is 4.57 Å². The van der Waals surface area contributed by atoms with Gasteiger partial charge in [-0.1, -0.05) is 25.8 Å². The van der Waals surface area contributed by atoms with E-state index in [2.05, 4.69) is 98.3 Å². The number of halogens is 2. The Morgan fingerprint density at radius 1 is 0.963 bits per heavy atom. The van der Waals surface area contributed by atoms with E-state index in [0.29, 0.717) is 0 Å². The van der Waals surface area contributed by atoms with Crippen molar-refractivity contribution in [2.24, 2.45) is 0 Å². The van der Waals surface area contributed by atoms with Gasteiger partial charge in [-0.05, 0) is 31.2 Å². The van der Waals surface area contributed by atoms with Crippen molar-refractivity contribution in [3.8, 4) is 5.69 Å². The van der Waals surface area contributed by atoms with Crippen LogP contribution in [0.15, 0.2) is 72.9 Å². The molecule has 0 saturated heterocycles. The molecule has 0 saturated carbocycles. The SMILES string of the molecule is CCC[c-]1cccc1.Cc1cc(C)n(-c2cc3ccccc3[cH-]2)c1.[Cl-].[Cl-].[Ti+4]. The number of benzene rings is 1. The molecular weight excluding hydrogens is 409 g/mol. The summed E-state index contributed by atoms with van der Waals surface area (Å²) in [6, 6.07) is 23.7. The fourth-order valence-corrected chi connectivity index (χ4v) is 3.16. The van der Waals surface area contributed by atoms with Crippen molar-refractivity contribution in [2.45, 2.75) is 33.6 Å². The monoisotopic (exact) mass is 433 g/mol. The van der Waals surface area contributed by atoms with E-state index in [1.54, 1.807) is 0 Å². The Labute approximate surface area is 190 Å². The Balaban J connectivity index is 0.000000535. The van der Waals surface area contributed by atoms with Gasteiger partial charge in [-0.2, -0.15) is 17.7 Å². The summed E-state index contributed by atoms with van der Waals surface area (Å²) in [5, 5.41) is 2.62. The summed E-state index contributed by atoms with van der Waals surface area (Å²) in [6.07, 6.45) is 4.67. The average molecular weight is 434 g/mol. The van der Waals surface area contributed by atoms with E-state index < -0.39 is 0 Å². The largest absolute Gasteiger partial charge is 4.00 e. The number of fused-ring (bicyclic) bond motifs is 1. The molecule has 0 aliphatic rings. The molecule has 1 aromatic heterocycles. The molecule has 4 aromatic rings. The average Bonchev–Trinajstić information content (AvgIpc) is 3.27. The third-order valence-corrected chi connectivity index (χ3v) is 4.30. The van der Waals surface area contributed by atoms with E-state index in [9.17, 15) is 0 Å². The molecule has 0 bridgehead atoms. The first-order chi connectivity index (χ1) is 11.7. The van der Waals surface area contributed by atoms with Gasteiger partial charge in [0.2, 0.25) is 0 Å². The number of nitrogens with zero attached hydrogens (tertiary/aromatic N) is 1. The van der Waals surface area contributed by atoms with Crippen LogP contribution in [0.5, 0.6) is 0 Å². The normalized spacial score (nSPS) is 9.44. The van der Waals surface area contributed by atoms with Crippen LogP contribution in [0.1, 0.15) is 30.2 Å². The molecule has 3 aromatic carbocycles. The molecule has 1 nitrogen and oxygen atoms in total. The van der Waals surface area contributed by atoms with Crippen LogP contribution < -0.4 is 24.8 Å². The molecule has 0 spiro atoms. The molecule has 27 heavy (non-hydrogen) atoms. The molecule has 0 aliphatic heterocycles. The minimum Gasteiger partial charge on any atom is -1.00 e. The minimum atomic E-state index is 0. The third-order valence-electron chi connectivity index (χ3n) is 4.30. The van der Waals surface area contributed by atoms with Crippen molar-refractivity contribution in [2.75, 3.05) is 0 Å². The second-order valence-electron chi connectivity index (χ2n) is 6.41. The summed E-state index contributed by atoms with van der Waals surface area (Å²) < 4.78 is 2.25. The predicted octanol–water partition coefficient (Wildman–Crippen LogP) is 0.330. The zero-order valence-electron chi connectivity index (χ0n) is 16.0. The van der Waals surface area contributed by atoms with Gasteiger partial charge in [0.1, 0.15) is 0 Å². The molecule has 140 valence electrons. The third kappa shape index (κ3) is 6.69. The van der Waals surface area contributed by atoms with Gasteiger partial charge in [0, 0.05) is 11.9 Å². The van der Waals surface area contributed by atoms with Crippen molar-refractivity contribution in [3.05, 3.63) is 89.7 Å². The van der Waals surface area contributed by atoms with Crippen LogP contribution >= 0.6 is 0 Å². The summed E-state index contributed by atoms with van der Waals surface area (Å²) in [5.74, 6) is 0. The van der Waals surface area contributed by atoms with E-state index in [0.717, 1.165) is 0 Å². The zero-order valence-corrected chi connectivity index (χ0v) is 19.1. The molecule has 0 aliphatic carbocycles. The Hall–Kier alpha value is -1.25. The molecule has 4 heteroatoms. The predicted molar refractivity (Wildman–Crippen MR) is 104 cm³/mol. The van der Waals surface area contributed by atoms with Gasteiger partial charge in [0.05, 0.1) is 0 Å². The topological polar surface area (TPSA) is 4.93 Å². The van der Waals surface area contributed by atoms with Gasteiger partial charge in [-0.3, -0.25) is 0 Å². The Morgan fingerprint density at radius 3 is 2.19 bits per heavy atom. The number of rotatable bonds is 3. The number of aromatic nitrogens is 1. The Morgan fingerprint density at radius 2 is 1.63 bits per heavy atom. The van der Waals surface area contributed by atoms with Gasteiger partial charge in [0.15, 0.2) is 0 Å². The smallest absolute Gasteiger partial charge is 1.00 e. The van der Waals surface area contributed by atoms with Crippen LogP contribution in [0.2, 0.25) is 0 Å². The molecule has 0 atom stereocenters. The van der Waals surface area contributed by atoms with Gasteiger partial charge in [-0.25, -0.2) is 12.1 Å². The number of hydrogen-bond acceptors (Lipinski definition) is 0. The fraction of sp³-hybridized carbons (Fsp3) is 0.217. The summed E-state index contributed by atoms with van der Waals surface area (Å²) in [4.78, 5) is 0. The van der Waals surface area contributed by atoms with Crippen molar-refractivity contribution >= 4 is 10.8 Å². The van der Waals surface area contributed by atoms with Gasteiger partial charge >= 0.3 is 21.7 Å². The summed E-state index contributed by atoms with van der Waals surface area (Å²) in [6.45, 7) is 6.48. The van der Waals surface area contributed by atoms with Crippen LogP contribution in [-0.4, -0.2) is 4.57 Å². The first kappa shape index (κ1) is 25.8. The zero-order chi connectivity index (χ0) is 16.9. The minimum absolute atomic E-state index is 0. The second kappa shape index (κ2) is 12.3. The maximum absolute atomic E-state index is 2.25. The molecule has 4 rings (SSSR count). The maximum Gasteiger partial charge on any atom is 4.00 e. The molecule has 0 N–H and O–H groups in total. The fourth-order valence-electron chi connectivity index (χ4n) is 3.16. The first-order valence-electron chi connectivity index (χ1n) is 8.69. The van der Waals surface area contributed by atoms with Crippen LogP contribution in [0.3, 0.4) is 0 Å². The molecule has 0 fully saturated rings. The van der Waals surface area contributed by atoms with Gasteiger partial charge in [0.25, 0.3) is 0 Å². The first-order valence-corrected chi connectivity index (χ1v) is 8.69. The maximum atomic E-state index is 2.25. The van der Waals surface area contributed by atoms with E-state index in [1.807, 2.05) is 0 Å². The van der Waals surface area contributed by atoms with E-state index in [1.165, 1.54) is 46.1 Å². The Kier molecular flexibility index (Phi) is 11.7. The molecule has 0 amide bonds. The standard InChI is InChI=1S/C15H14N.C8H11.2ClH.Ti/c1-11-7-12(2)16(10-11)15-8-13-5-3-4-6-14(13)9-15;1-2-5-8-6-3-4-7-8;;;/h3-10H,1-2H3;3-4,6-7H,2,5H2,1H3;2*1H;/q2*-1;;;+4/p-2. The number of aryl methyl sites for hydroxylation is 3. The van der Waals surface area contributed by atoms with Gasteiger partial charge in [-0.15, -0.1) is 41.1 Å². The van der Waals surface area contributed by atoms with E-state index >= 15 is 0 Å². The quantitative estimate of drug-likeness (QED) is 0.324. The molecular formula is C23H25Cl2NTi. The van der Waals surface area contributed by atoms with Crippen LogP contribution in [0.25, 0.3) is 16.5 Å². The van der Waals surface area contributed by atoms with Crippen molar-refractivity contribution in [1.29, 1.82) is 0 Å². The van der Waals surface area contributed by atoms with Gasteiger partial charge < -0.3 is 29.4 Å². The second-order valence-corrected chi connectivity index (χ2v) is 6.41. The van der Waals surface area contributed by atoms with Crippen LogP contribution in [0.4, 0.5) is 0 Å². The van der Waals surface area contributed by atoms with Crippen molar-refractivity contribution in [3.63, 3.8) is 0 Å².